The average Bonchev–Trinajstić information content (AvgIpc) is 3.30. The van der Waals surface area contributed by atoms with Crippen LogP contribution in [0.25, 0.3) is 0 Å². The number of Topliss-reactive ketones (excluding diaryl/α,β-unsaturated/α-hetero) is 1. The summed E-state index contributed by atoms with van der Waals surface area (Å²) in [6, 6.07) is 0. The van der Waals surface area contributed by atoms with Gasteiger partial charge in [-0.15, -0.1) is 0 Å². The predicted octanol–water partition coefficient (Wildman–Crippen LogP) is -2.22. The second kappa shape index (κ2) is 11.8. The lowest BCUT2D eigenvalue weighted by Gasteiger charge is -2.68. The van der Waals surface area contributed by atoms with Gasteiger partial charge in [0.25, 0.3) is 0 Å². The van der Waals surface area contributed by atoms with E-state index < -0.39 is 126 Å². The molecule has 0 aromatic carbocycles. The summed E-state index contributed by atoms with van der Waals surface area (Å²) >= 11 is 0. The first kappa shape index (κ1) is 34.9. The molecule has 266 valence electrons. The molecular weight excluding hydrogens is 640 g/mol. The Kier molecular flexibility index (Phi) is 8.60. The van der Waals surface area contributed by atoms with Gasteiger partial charge in [-0.1, -0.05) is 12.5 Å². The van der Waals surface area contributed by atoms with Crippen LogP contribution in [0.4, 0.5) is 0 Å². The summed E-state index contributed by atoms with van der Waals surface area (Å²) < 4.78 is 34.5. The zero-order valence-corrected chi connectivity index (χ0v) is 27.1. The maximum Gasteiger partial charge on any atom is 0.341 e. The standard InChI is InChI=1S/C32H42O16/c1-11(2)6-16(35)46-24-18-12(3)23(48-28-21(39)20(38)19(37)14(9-33)45-28)13(34)8-30(18,4)25-22(40)26(41)32(29(42)43-5)15-7-17(36)47-27(24)31(15,25)10-44-32/h6,14-15,18-22,24-28,33,37-41H,7-10H2,1-5H3/t14-,15-,18-,19-,20+,21-,22-,24-,25-,26+,27-,28-,30+,31+,32+/m1/s1. The van der Waals surface area contributed by atoms with Gasteiger partial charge in [-0.3, -0.25) is 9.59 Å². The molecule has 3 saturated heterocycles. The van der Waals surface area contributed by atoms with E-state index in [0.717, 1.165) is 7.11 Å². The number of rotatable bonds is 6. The summed E-state index contributed by atoms with van der Waals surface area (Å²) in [5.41, 5.74) is -4.19. The minimum atomic E-state index is -2.15. The molecule has 3 aliphatic carbocycles. The molecule has 6 N–H and O–H groups in total. The van der Waals surface area contributed by atoms with Crippen LogP contribution in [-0.2, 0) is 47.6 Å². The Morgan fingerprint density at radius 3 is 2.35 bits per heavy atom. The number of fused-ring (bicyclic) bond motifs is 2. The van der Waals surface area contributed by atoms with Crippen molar-refractivity contribution in [2.24, 2.45) is 28.6 Å². The van der Waals surface area contributed by atoms with Crippen LogP contribution in [0.5, 0.6) is 0 Å². The smallest absolute Gasteiger partial charge is 0.341 e. The van der Waals surface area contributed by atoms with Crippen LogP contribution in [0, 0.1) is 28.6 Å². The number of methoxy groups -OCH3 is 1. The fourth-order valence-corrected chi connectivity index (χ4v) is 9.79. The molecule has 16 heteroatoms. The topological polar surface area (TPSA) is 245 Å². The lowest BCUT2D eigenvalue weighted by molar-refractivity contribution is -0.300. The average molecular weight is 683 g/mol. The van der Waals surface area contributed by atoms with Crippen LogP contribution >= 0.6 is 0 Å². The molecule has 1 spiro atoms. The largest absolute Gasteiger partial charge is 0.467 e. The Bertz CT molecular complexity index is 1450. The minimum absolute atomic E-state index is 0.152. The minimum Gasteiger partial charge on any atom is -0.467 e. The Hall–Kier alpha value is -2.96. The first-order chi connectivity index (χ1) is 22.5. The van der Waals surface area contributed by atoms with E-state index in [1.807, 2.05) is 0 Å². The molecular formula is C32H42O16. The van der Waals surface area contributed by atoms with Crippen LogP contribution in [0.3, 0.4) is 0 Å². The third-order valence-corrected chi connectivity index (χ3v) is 11.5. The first-order valence-corrected chi connectivity index (χ1v) is 15.9. The first-order valence-electron chi connectivity index (χ1n) is 15.9. The number of carbonyl (C=O) groups excluding carboxylic acids is 4. The summed E-state index contributed by atoms with van der Waals surface area (Å²) in [5, 5.41) is 64.4. The van der Waals surface area contributed by atoms with Crippen molar-refractivity contribution < 1.29 is 78.2 Å². The van der Waals surface area contributed by atoms with Gasteiger partial charge in [0.05, 0.1) is 32.8 Å². The number of ether oxygens (including phenoxy) is 6. The highest BCUT2D eigenvalue weighted by atomic mass is 16.7. The van der Waals surface area contributed by atoms with Gasteiger partial charge in [-0.25, -0.2) is 9.59 Å². The van der Waals surface area contributed by atoms with Crippen LogP contribution in [0.15, 0.2) is 23.0 Å². The second-order valence-electron chi connectivity index (χ2n) is 14.3. The third-order valence-electron chi connectivity index (χ3n) is 11.5. The maximum absolute atomic E-state index is 14.1. The molecule has 6 rings (SSSR count). The summed E-state index contributed by atoms with van der Waals surface area (Å²) in [6.45, 7) is 5.46. The highest BCUT2D eigenvalue weighted by Crippen LogP contribution is 2.73. The molecule has 0 aromatic heterocycles. The SMILES string of the molecule is COC(=O)[C@]12OC[C@]34[C@H](OC(=O)C[C@@H]13)[C@H](OC(=O)C=C(C)C)[C@H]1C(C)=C(O[C@H]3O[C@H](CO)[C@@H](O)[C@H](O)[C@H]3O)C(=O)C[C@]1(C)[C@H]4[C@@H](O)[C@@H]2O. The van der Waals surface area contributed by atoms with E-state index >= 15 is 0 Å². The number of ketones is 1. The van der Waals surface area contributed by atoms with Gasteiger partial charge in [0.2, 0.25) is 6.29 Å². The zero-order chi connectivity index (χ0) is 35.2. The van der Waals surface area contributed by atoms with Crippen molar-refractivity contribution in [1.82, 2.24) is 0 Å². The van der Waals surface area contributed by atoms with Crippen LogP contribution in [-0.4, -0.2) is 135 Å². The van der Waals surface area contributed by atoms with Crippen LogP contribution in [0.2, 0.25) is 0 Å². The van der Waals surface area contributed by atoms with Crippen molar-refractivity contribution in [2.75, 3.05) is 20.3 Å². The Morgan fingerprint density at radius 1 is 1.04 bits per heavy atom. The number of aliphatic hydroxyl groups is 6. The van der Waals surface area contributed by atoms with Gasteiger partial charge in [-0.05, 0) is 31.8 Å². The third kappa shape index (κ3) is 4.57. The zero-order valence-electron chi connectivity index (χ0n) is 27.1. The second-order valence-corrected chi connectivity index (χ2v) is 14.3. The Balaban J connectivity index is 1.52. The number of esters is 3. The molecule has 48 heavy (non-hydrogen) atoms. The van der Waals surface area contributed by atoms with E-state index in [0.29, 0.717) is 5.57 Å². The van der Waals surface area contributed by atoms with Crippen LogP contribution in [0.1, 0.15) is 40.5 Å². The number of hydrogen-bond acceptors (Lipinski definition) is 16. The molecule has 5 fully saturated rings. The van der Waals surface area contributed by atoms with Gasteiger partial charge >= 0.3 is 17.9 Å². The van der Waals surface area contributed by atoms with Crippen molar-refractivity contribution in [3.63, 3.8) is 0 Å². The summed E-state index contributed by atoms with van der Waals surface area (Å²) in [6.07, 6.45) is -14.2. The number of carbonyl (C=O) groups is 4. The number of hydrogen-bond donors (Lipinski definition) is 6. The predicted molar refractivity (Wildman–Crippen MR) is 155 cm³/mol. The van der Waals surface area contributed by atoms with Crippen molar-refractivity contribution in [3.05, 3.63) is 23.0 Å². The summed E-state index contributed by atoms with van der Waals surface area (Å²) in [4.78, 5) is 54.0. The normalized spacial score (nSPS) is 47.7. The van der Waals surface area contributed by atoms with Crippen molar-refractivity contribution in [1.29, 1.82) is 0 Å². The van der Waals surface area contributed by atoms with Crippen molar-refractivity contribution in [3.8, 4) is 0 Å². The Labute approximate surface area is 275 Å². The summed E-state index contributed by atoms with van der Waals surface area (Å²) in [7, 11) is 1.09. The molecule has 0 unspecified atom stereocenters. The highest BCUT2D eigenvalue weighted by molar-refractivity contribution is 5.96. The molecule has 3 aliphatic heterocycles. The molecule has 2 bridgehead atoms. The van der Waals surface area contributed by atoms with Crippen molar-refractivity contribution >= 4 is 23.7 Å². The van der Waals surface area contributed by atoms with Gasteiger partial charge in [0.1, 0.15) is 42.7 Å². The van der Waals surface area contributed by atoms with Gasteiger partial charge in [-0.2, -0.15) is 0 Å². The van der Waals surface area contributed by atoms with E-state index in [-0.39, 0.29) is 24.4 Å². The van der Waals surface area contributed by atoms with E-state index in [4.69, 9.17) is 28.4 Å². The molecule has 0 radical (unpaired) electrons. The molecule has 3 heterocycles. The monoisotopic (exact) mass is 682 g/mol. The lowest BCUT2D eigenvalue weighted by atomic mass is 9.38. The highest BCUT2D eigenvalue weighted by Gasteiger charge is 2.84. The van der Waals surface area contributed by atoms with E-state index in [1.165, 1.54) is 13.0 Å². The lowest BCUT2D eigenvalue weighted by Crippen LogP contribution is -2.79. The fraction of sp³-hybridized carbons (Fsp3) is 0.750. The molecule has 15 atom stereocenters. The van der Waals surface area contributed by atoms with Crippen LogP contribution < -0.4 is 0 Å². The van der Waals surface area contributed by atoms with Crippen molar-refractivity contribution in [2.45, 2.75) is 101 Å². The molecule has 0 aromatic rings. The number of allylic oxidation sites excluding steroid dienone is 2. The quantitative estimate of drug-likeness (QED) is 0.0987. The Morgan fingerprint density at radius 2 is 1.73 bits per heavy atom. The van der Waals surface area contributed by atoms with Gasteiger partial charge < -0.3 is 59.1 Å². The maximum atomic E-state index is 14.1. The number of aliphatic hydroxyl groups excluding tert-OH is 6. The van der Waals surface area contributed by atoms with Gasteiger partial charge in [0, 0.05) is 35.7 Å². The van der Waals surface area contributed by atoms with E-state index in [9.17, 15) is 49.8 Å². The fourth-order valence-electron chi connectivity index (χ4n) is 9.79. The molecule has 0 amide bonds. The van der Waals surface area contributed by atoms with E-state index in [1.54, 1.807) is 20.8 Å². The van der Waals surface area contributed by atoms with Gasteiger partial charge in [0.15, 0.2) is 17.1 Å². The molecule has 16 nitrogen and oxygen atoms in total. The molecule has 6 aliphatic rings. The summed E-state index contributed by atoms with van der Waals surface area (Å²) in [5.74, 6) is -6.76. The molecule has 2 saturated carbocycles. The van der Waals surface area contributed by atoms with E-state index in [2.05, 4.69) is 0 Å².